The number of alkyl halides is 3. The molecule has 1 aliphatic rings. The van der Waals surface area contributed by atoms with E-state index >= 15 is 0 Å². The summed E-state index contributed by atoms with van der Waals surface area (Å²) in [6.07, 6.45) is 0.174. The van der Waals surface area contributed by atoms with Crippen LogP contribution in [0.1, 0.15) is 37.5 Å². The Morgan fingerprint density at radius 1 is 1.33 bits per heavy atom. The maximum Gasteiger partial charge on any atom is 0.408 e. The summed E-state index contributed by atoms with van der Waals surface area (Å²) in [4.78, 5) is 7.89. The molecule has 0 bridgehead atoms. The Kier molecular flexibility index (Phi) is 3.09. The van der Waals surface area contributed by atoms with Crippen LogP contribution in [0.3, 0.4) is 0 Å². The van der Waals surface area contributed by atoms with Gasteiger partial charge in [-0.1, -0.05) is 5.16 Å². The Morgan fingerprint density at radius 3 is 2.75 bits per heavy atom. The van der Waals surface area contributed by atoms with Gasteiger partial charge in [0.1, 0.15) is 35.3 Å². The standard InChI is InChI=1S/C15H14F3N5O/c1-7(15(16,17)18)23-5-9(12-13(19)20-6-21-14(12)23)10-4-11(24-22-10)8-2-3-8/h4-8H,2-3H2,1H3,(H2,19,20,21). The first-order chi connectivity index (χ1) is 11.4. The summed E-state index contributed by atoms with van der Waals surface area (Å²) in [6, 6.07) is -0.000524. The van der Waals surface area contributed by atoms with Gasteiger partial charge in [-0.2, -0.15) is 13.2 Å². The van der Waals surface area contributed by atoms with Gasteiger partial charge in [-0.15, -0.1) is 0 Å². The zero-order chi connectivity index (χ0) is 17.1. The molecule has 3 aromatic heterocycles. The summed E-state index contributed by atoms with van der Waals surface area (Å²) < 4.78 is 45.8. The van der Waals surface area contributed by atoms with Crippen LogP contribution in [-0.2, 0) is 0 Å². The molecular weight excluding hydrogens is 323 g/mol. The highest BCUT2D eigenvalue weighted by atomic mass is 19.4. The van der Waals surface area contributed by atoms with Crippen molar-refractivity contribution >= 4 is 16.9 Å². The van der Waals surface area contributed by atoms with Crippen molar-refractivity contribution in [2.75, 3.05) is 5.73 Å². The molecule has 1 saturated carbocycles. The molecule has 0 aromatic carbocycles. The van der Waals surface area contributed by atoms with Crippen molar-refractivity contribution in [3.63, 3.8) is 0 Å². The molecule has 1 atom stereocenters. The second-order valence-electron chi connectivity index (χ2n) is 6.01. The molecule has 9 heteroatoms. The fourth-order valence-corrected chi connectivity index (χ4v) is 2.73. The lowest BCUT2D eigenvalue weighted by Gasteiger charge is -2.17. The number of anilines is 1. The Balaban J connectivity index is 1.91. The topological polar surface area (TPSA) is 82.8 Å². The highest BCUT2D eigenvalue weighted by molar-refractivity contribution is 5.99. The quantitative estimate of drug-likeness (QED) is 0.788. The number of nitrogens with two attached hydrogens (primary N) is 1. The van der Waals surface area contributed by atoms with E-state index in [9.17, 15) is 13.2 Å². The molecule has 0 amide bonds. The fourth-order valence-electron chi connectivity index (χ4n) is 2.73. The molecule has 6 nitrogen and oxygen atoms in total. The van der Waals surface area contributed by atoms with Gasteiger partial charge in [0.05, 0.1) is 5.39 Å². The van der Waals surface area contributed by atoms with Gasteiger partial charge in [0.25, 0.3) is 0 Å². The van der Waals surface area contributed by atoms with Crippen molar-refractivity contribution in [3.8, 4) is 11.3 Å². The number of fused-ring (bicyclic) bond motifs is 1. The maximum atomic E-state index is 13.2. The Bertz CT molecular complexity index is 910. The van der Waals surface area contributed by atoms with Crippen molar-refractivity contribution in [2.24, 2.45) is 0 Å². The molecule has 3 aromatic rings. The van der Waals surface area contributed by atoms with E-state index in [1.54, 1.807) is 6.07 Å². The second-order valence-corrected chi connectivity index (χ2v) is 6.01. The van der Waals surface area contributed by atoms with Gasteiger partial charge < -0.3 is 14.8 Å². The number of hydrogen-bond donors (Lipinski definition) is 1. The summed E-state index contributed by atoms with van der Waals surface area (Å²) >= 11 is 0. The molecule has 2 N–H and O–H groups in total. The Morgan fingerprint density at radius 2 is 2.08 bits per heavy atom. The van der Waals surface area contributed by atoms with E-state index in [1.807, 2.05) is 0 Å². The zero-order valence-electron chi connectivity index (χ0n) is 12.7. The SMILES string of the molecule is CC(n1cc(-c2cc(C3CC3)on2)c2c(N)ncnc21)C(F)(F)F. The number of rotatable bonds is 3. The molecule has 126 valence electrons. The minimum Gasteiger partial charge on any atom is -0.383 e. The van der Waals surface area contributed by atoms with Gasteiger partial charge in [0.15, 0.2) is 0 Å². The molecule has 24 heavy (non-hydrogen) atoms. The lowest BCUT2D eigenvalue weighted by atomic mass is 10.1. The van der Waals surface area contributed by atoms with Crippen molar-refractivity contribution in [2.45, 2.75) is 37.9 Å². The molecule has 0 saturated heterocycles. The van der Waals surface area contributed by atoms with Crippen molar-refractivity contribution in [3.05, 3.63) is 24.4 Å². The first-order valence-electron chi connectivity index (χ1n) is 7.51. The highest BCUT2D eigenvalue weighted by Gasteiger charge is 2.39. The first-order valence-corrected chi connectivity index (χ1v) is 7.51. The largest absolute Gasteiger partial charge is 0.408 e. The van der Waals surface area contributed by atoms with Crippen LogP contribution in [0.2, 0.25) is 0 Å². The van der Waals surface area contributed by atoms with Crippen molar-refractivity contribution in [1.29, 1.82) is 0 Å². The molecule has 0 spiro atoms. The molecule has 1 fully saturated rings. The van der Waals surface area contributed by atoms with Gasteiger partial charge >= 0.3 is 6.18 Å². The molecule has 4 rings (SSSR count). The van der Waals surface area contributed by atoms with E-state index in [0.29, 0.717) is 22.6 Å². The Labute approximate surface area is 134 Å². The maximum absolute atomic E-state index is 13.2. The molecule has 0 radical (unpaired) electrons. The molecular formula is C15H14F3N5O. The highest BCUT2D eigenvalue weighted by Crippen LogP contribution is 2.43. The first kappa shape index (κ1) is 15.0. The van der Waals surface area contributed by atoms with E-state index < -0.39 is 12.2 Å². The van der Waals surface area contributed by atoms with Crippen LogP contribution in [0, 0.1) is 0 Å². The zero-order valence-corrected chi connectivity index (χ0v) is 12.7. The number of aromatic nitrogens is 4. The molecule has 1 unspecified atom stereocenters. The van der Waals surface area contributed by atoms with Gasteiger partial charge in [0, 0.05) is 23.7 Å². The van der Waals surface area contributed by atoms with E-state index in [4.69, 9.17) is 10.3 Å². The number of nitrogens with zero attached hydrogens (tertiary/aromatic N) is 4. The van der Waals surface area contributed by atoms with Gasteiger partial charge in [-0.3, -0.25) is 0 Å². The lowest BCUT2D eigenvalue weighted by molar-refractivity contribution is -0.162. The normalized spacial score (nSPS) is 16.7. The molecule has 0 aliphatic heterocycles. The molecule has 1 aliphatic carbocycles. The minimum atomic E-state index is -4.41. The minimum absolute atomic E-state index is 0.110. The summed E-state index contributed by atoms with van der Waals surface area (Å²) in [6.45, 7) is 1.07. The van der Waals surface area contributed by atoms with Crippen LogP contribution >= 0.6 is 0 Å². The predicted molar refractivity (Wildman–Crippen MR) is 80.2 cm³/mol. The van der Waals surface area contributed by atoms with Gasteiger partial charge in [-0.05, 0) is 19.8 Å². The third-order valence-electron chi connectivity index (χ3n) is 4.31. The van der Waals surface area contributed by atoms with Gasteiger partial charge in [-0.25, -0.2) is 9.97 Å². The van der Waals surface area contributed by atoms with Crippen LogP contribution in [-0.4, -0.2) is 25.9 Å². The number of nitrogen functional groups attached to an aromatic ring is 1. The van der Waals surface area contributed by atoms with Crippen LogP contribution in [0.4, 0.5) is 19.0 Å². The van der Waals surface area contributed by atoms with E-state index in [2.05, 4.69) is 15.1 Å². The third-order valence-corrected chi connectivity index (χ3v) is 4.31. The predicted octanol–water partition coefficient (Wildman–Crippen LogP) is 3.67. The fraction of sp³-hybridized carbons (Fsp3) is 0.400. The summed E-state index contributed by atoms with van der Waals surface area (Å²) in [5.41, 5.74) is 6.90. The van der Waals surface area contributed by atoms with E-state index in [-0.39, 0.29) is 11.5 Å². The lowest BCUT2D eigenvalue weighted by Crippen LogP contribution is -2.23. The summed E-state index contributed by atoms with van der Waals surface area (Å²) in [7, 11) is 0. The van der Waals surface area contributed by atoms with E-state index in [1.165, 1.54) is 6.20 Å². The number of hydrogen-bond acceptors (Lipinski definition) is 5. The van der Waals surface area contributed by atoms with Crippen LogP contribution in [0.15, 0.2) is 23.1 Å². The van der Waals surface area contributed by atoms with Crippen LogP contribution < -0.4 is 5.73 Å². The average molecular weight is 337 g/mol. The third kappa shape index (κ3) is 2.31. The van der Waals surface area contributed by atoms with Crippen LogP contribution in [0.25, 0.3) is 22.3 Å². The van der Waals surface area contributed by atoms with Crippen LogP contribution in [0.5, 0.6) is 0 Å². The van der Waals surface area contributed by atoms with Gasteiger partial charge in [0.2, 0.25) is 0 Å². The van der Waals surface area contributed by atoms with Crippen molar-refractivity contribution in [1.82, 2.24) is 19.7 Å². The van der Waals surface area contributed by atoms with Crippen molar-refractivity contribution < 1.29 is 17.7 Å². The van der Waals surface area contributed by atoms with E-state index in [0.717, 1.165) is 36.4 Å². The monoisotopic (exact) mass is 337 g/mol. The second kappa shape index (κ2) is 4.96. The summed E-state index contributed by atoms with van der Waals surface area (Å²) in [5, 5.41) is 4.34. The Hall–Kier alpha value is -2.58. The average Bonchev–Trinajstić information content (AvgIpc) is 3.12. The number of halogens is 3. The molecule has 3 heterocycles. The summed E-state index contributed by atoms with van der Waals surface area (Å²) in [5.74, 6) is 1.20. The smallest absolute Gasteiger partial charge is 0.383 e.